The standard InChI is InChI=1S/C44H59N3O8/c1-46(2)28-35(27-45-31-55-38-16-10-14-36(26-38)39(48)20-17-34-19-22-41(51-5)43(25-34)53-7)29-47(3)44(49)30-54-37-15-9-13-32(23-37)11-8-12-33-18-21-40(50-4)42(24-33)52-6/h9-10,13-16,18-19,21-26,35,39,45,48H,8,11-12,17,20,27-31H2,1-7H3. The highest BCUT2D eigenvalue weighted by Gasteiger charge is 2.18. The van der Waals surface area contributed by atoms with E-state index in [9.17, 15) is 9.90 Å². The van der Waals surface area contributed by atoms with E-state index in [4.69, 9.17) is 28.4 Å². The van der Waals surface area contributed by atoms with Crippen LogP contribution >= 0.6 is 0 Å². The quantitative estimate of drug-likeness (QED) is 0.0633. The number of amides is 1. The molecule has 0 saturated carbocycles. The zero-order chi connectivity index (χ0) is 39.6. The number of nitrogens with one attached hydrogen (secondary N) is 1. The lowest BCUT2D eigenvalue weighted by atomic mass is 10.0. The van der Waals surface area contributed by atoms with E-state index in [0.29, 0.717) is 55.7 Å². The molecule has 0 spiro atoms. The van der Waals surface area contributed by atoms with Crippen molar-refractivity contribution in [1.29, 1.82) is 0 Å². The van der Waals surface area contributed by atoms with E-state index in [-0.39, 0.29) is 18.4 Å². The number of hydrogen-bond acceptors (Lipinski definition) is 10. The van der Waals surface area contributed by atoms with E-state index in [1.54, 1.807) is 33.3 Å². The van der Waals surface area contributed by atoms with Crippen molar-refractivity contribution in [1.82, 2.24) is 15.1 Å². The molecular formula is C44H59N3O8. The second-order valence-electron chi connectivity index (χ2n) is 13.9. The summed E-state index contributed by atoms with van der Waals surface area (Å²) in [7, 11) is 12.4. The molecule has 0 aliphatic rings. The average Bonchev–Trinajstić information content (AvgIpc) is 3.20. The number of aliphatic hydroxyl groups is 1. The monoisotopic (exact) mass is 757 g/mol. The maximum Gasteiger partial charge on any atom is 0.260 e. The summed E-state index contributed by atoms with van der Waals surface area (Å²) in [6, 6.07) is 27.3. The molecule has 2 unspecified atom stereocenters. The van der Waals surface area contributed by atoms with Gasteiger partial charge < -0.3 is 43.3 Å². The van der Waals surface area contributed by atoms with Crippen LogP contribution in [0, 0.1) is 5.92 Å². The number of rotatable bonds is 24. The molecule has 11 nitrogen and oxygen atoms in total. The molecule has 0 aliphatic carbocycles. The summed E-state index contributed by atoms with van der Waals surface area (Å²) in [4.78, 5) is 17.0. The first-order valence-electron chi connectivity index (χ1n) is 18.8. The minimum absolute atomic E-state index is 0.0344. The molecular weight excluding hydrogens is 698 g/mol. The van der Waals surface area contributed by atoms with Crippen LogP contribution in [0.5, 0.6) is 34.5 Å². The highest BCUT2D eigenvalue weighted by atomic mass is 16.5. The van der Waals surface area contributed by atoms with E-state index >= 15 is 0 Å². The van der Waals surface area contributed by atoms with Crippen molar-refractivity contribution in [2.45, 2.75) is 38.2 Å². The van der Waals surface area contributed by atoms with E-state index in [1.807, 2.05) is 93.9 Å². The summed E-state index contributed by atoms with van der Waals surface area (Å²) in [6.07, 6.45) is 3.35. The first-order chi connectivity index (χ1) is 26.6. The molecule has 1 amide bonds. The second-order valence-corrected chi connectivity index (χ2v) is 13.9. The van der Waals surface area contributed by atoms with E-state index < -0.39 is 6.10 Å². The van der Waals surface area contributed by atoms with Crippen molar-refractivity contribution in [3.05, 3.63) is 107 Å². The van der Waals surface area contributed by atoms with E-state index in [2.05, 4.69) is 22.3 Å². The molecule has 0 bridgehead atoms. The lowest BCUT2D eigenvalue weighted by molar-refractivity contribution is -0.132. The fourth-order valence-electron chi connectivity index (χ4n) is 6.49. The first kappa shape index (κ1) is 42.8. The van der Waals surface area contributed by atoms with Gasteiger partial charge in [0.2, 0.25) is 0 Å². The predicted octanol–water partition coefficient (Wildman–Crippen LogP) is 6.20. The van der Waals surface area contributed by atoms with Crippen molar-refractivity contribution in [2.24, 2.45) is 5.92 Å². The molecule has 4 aromatic rings. The Morgan fingerprint density at radius 3 is 1.87 bits per heavy atom. The fraction of sp³-hybridized carbons (Fsp3) is 0.432. The van der Waals surface area contributed by atoms with Crippen molar-refractivity contribution in [3.8, 4) is 34.5 Å². The number of aliphatic hydroxyl groups excluding tert-OH is 1. The lowest BCUT2D eigenvalue weighted by Crippen LogP contribution is -2.42. The van der Waals surface area contributed by atoms with Crippen LogP contribution in [0.1, 0.15) is 41.2 Å². The normalized spacial score (nSPS) is 12.2. The van der Waals surface area contributed by atoms with Gasteiger partial charge in [-0.2, -0.15) is 0 Å². The number of benzene rings is 4. The molecule has 0 heterocycles. The van der Waals surface area contributed by atoms with Gasteiger partial charge in [-0.1, -0.05) is 36.4 Å². The molecule has 4 aromatic carbocycles. The number of carbonyl (C=O) groups excluding carboxylic acids is 1. The number of aryl methyl sites for hydroxylation is 3. The SMILES string of the molecule is COc1ccc(CCCc2cccc(OCC(=O)N(C)CC(CNCOc3cccc(C(O)CCc4ccc(OC)c(OC)c4)c3)CN(C)C)c2)cc1OC. The van der Waals surface area contributed by atoms with Crippen molar-refractivity contribution in [3.63, 3.8) is 0 Å². The molecule has 11 heteroatoms. The van der Waals surface area contributed by atoms with E-state index in [0.717, 1.165) is 54.0 Å². The van der Waals surface area contributed by atoms with Crippen molar-refractivity contribution < 1.29 is 38.3 Å². The van der Waals surface area contributed by atoms with Crippen LogP contribution in [-0.2, 0) is 24.1 Å². The van der Waals surface area contributed by atoms with Gasteiger partial charge in [0.05, 0.1) is 34.5 Å². The topological polar surface area (TPSA) is 111 Å². The Morgan fingerprint density at radius 1 is 0.673 bits per heavy atom. The van der Waals surface area contributed by atoms with Crippen LogP contribution < -0.4 is 33.7 Å². The molecule has 55 heavy (non-hydrogen) atoms. The first-order valence-corrected chi connectivity index (χ1v) is 18.8. The average molecular weight is 758 g/mol. The van der Waals surface area contributed by atoms with Crippen LogP contribution in [0.25, 0.3) is 0 Å². The molecule has 0 aliphatic heterocycles. The maximum atomic E-state index is 13.1. The third-order valence-electron chi connectivity index (χ3n) is 9.39. The Bertz CT molecular complexity index is 1770. The Labute approximate surface area is 327 Å². The summed E-state index contributed by atoms with van der Waals surface area (Å²) in [5.74, 6) is 4.24. The molecule has 2 atom stereocenters. The minimum Gasteiger partial charge on any atom is -0.493 e. The van der Waals surface area contributed by atoms with Gasteiger partial charge >= 0.3 is 0 Å². The molecule has 0 aromatic heterocycles. The van der Waals surface area contributed by atoms with Gasteiger partial charge in [-0.05, 0) is 117 Å². The highest BCUT2D eigenvalue weighted by molar-refractivity contribution is 5.77. The fourth-order valence-corrected chi connectivity index (χ4v) is 6.49. The molecule has 0 fully saturated rings. The third kappa shape index (κ3) is 14.0. The zero-order valence-corrected chi connectivity index (χ0v) is 33.5. The van der Waals surface area contributed by atoms with Crippen LogP contribution in [0.2, 0.25) is 0 Å². The van der Waals surface area contributed by atoms with Gasteiger partial charge in [0.25, 0.3) is 5.91 Å². The Hall–Kier alpha value is -4.97. The number of likely N-dealkylation sites (N-methyl/N-ethyl adjacent to an activating group) is 1. The van der Waals surface area contributed by atoms with Crippen LogP contribution in [0.3, 0.4) is 0 Å². The third-order valence-corrected chi connectivity index (χ3v) is 9.39. The van der Waals surface area contributed by atoms with Gasteiger partial charge in [-0.25, -0.2) is 0 Å². The lowest BCUT2D eigenvalue weighted by Gasteiger charge is -2.27. The smallest absolute Gasteiger partial charge is 0.260 e. The van der Waals surface area contributed by atoms with Crippen LogP contribution in [0.15, 0.2) is 84.9 Å². The summed E-state index contributed by atoms with van der Waals surface area (Å²) in [5.41, 5.74) is 4.20. The number of ether oxygens (including phenoxy) is 6. The summed E-state index contributed by atoms with van der Waals surface area (Å²) in [6.45, 7) is 2.26. The summed E-state index contributed by atoms with van der Waals surface area (Å²) < 4.78 is 33.5. The van der Waals surface area contributed by atoms with Crippen LogP contribution in [0.4, 0.5) is 0 Å². The molecule has 0 saturated heterocycles. The molecule has 0 radical (unpaired) electrons. The summed E-state index contributed by atoms with van der Waals surface area (Å²) in [5, 5.41) is 14.3. The highest BCUT2D eigenvalue weighted by Crippen LogP contribution is 2.30. The molecule has 4 rings (SSSR count). The largest absolute Gasteiger partial charge is 0.493 e. The molecule has 2 N–H and O–H groups in total. The van der Waals surface area contributed by atoms with Crippen LogP contribution in [-0.4, -0.2) is 103 Å². The summed E-state index contributed by atoms with van der Waals surface area (Å²) >= 11 is 0. The Morgan fingerprint density at radius 2 is 1.25 bits per heavy atom. The number of hydrogen-bond donors (Lipinski definition) is 2. The number of carbonyl (C=O) groups is 1. The number of nitrogens with zero attached hydrogens (tertiary/aromatic N) is 2. The minimum atomic E-state index is -0.642. The maximum absolute atomic E-state index is 13.1. The predicted molar refractivity (Wildman–Crippen MR) is 216 cm³/mol. The van der Waals surface area contributed by atoms with Gasteiger partial charge in [0.1, 0.15) is 18.2 Å². The van der Waals surface area contributed by atoms with Gasteiger partial charge in [-0.15, -0.1) is 0 Å². The second kappa shape index (κ2) is 22.4. The Balaban J connectivity index is 1.19. The number of methoxy groups -OCH3 is 4. The van der Waals surface area contributed by atoms with Gasteiger partial charge in [-0.3, -0.25) is 10.1 Å². The molecule has 298 valence electrons. The van der Waals surface area contributed by atoms with Gasteiger partial charge in [0.15, 0.2) is 29.6 Å². The van der Waals surface area contributed by atoms with E-state index in [1.165, 1.54) is 5.56 Å². The van der Waals surface area contributed by atoms with Gasteiger partial charge in [0, 0.05) is 32.6 Å². The zero-order valence-electron chi connectivity index (χ0n) is 33.5. The van der Waals surface area contributed by atoms with Crippen molar-refractivity contribution >= 4 is 5.91 Å². The van der Waals surface area contributed by atoms with Crippen molar-refractivity contribution in [2.75, 3.05) is 82.6 Å². The Kier molecular flexibility index (Phi) is 17.4.